The van der Waals surface area contributed by atoms with E-state index in [0.29, 0.717) is 25.3 Å². The first-order valence-corrected chi connectivity index (χ1v) is 18.6. The van der Waals surface area contributed by atoms with Crippen molar-refractivity contribution >= 4 is 40.7 Å². The van der Waals surface area contributed by atoms with Crippen LogP contribution in [0.15, 0.2) is 77.8 Å². The number of ether oxygens (including phenoxy) is 1. The van der Waals surface area contributed by atoms with Gasteiger partial charge in [0.05, 0.1) is 39.8 Å². The molecule has 0 saturated heterocycles. The van der Waals surface area contributed by atoms with Crippen LogP contribution in [0, 0.1) is 5.92 Å². The van der Waals surface area contributed by atoms with E-state index in [9.17, 15) is 19.5 Å². The fraction of sp³-hybridized carbons (Fsp3) is 0.432. The van der Waals surface area contributed by atoms with E-state index in [-0.39, 0.29) is 18.9 Å². The number of nitrogens with one attached hydrogen (secondary N) is 3. The number of benzene rings is 2. The van der Waals surface area contributed by atoms with Gasteiger partial charge in [-0.2, -0.15) is 0 Å². The lowest BCUT2D eigenvalue weighted by molar-refractivity contribution is -0.125. The van der Waals surface area contributed by atoms with Gasteiger partial charge in [-0.15, -0.1) is 22.7 Å². The van der Waals surface area contributed by atoms with Gasteiger partial charge >= 0.3 is 12.1 Å². The predicted molar refractivity (Wildman–Crippen MR) is 197 cm³/mol. The van der Waals surface area contributed by atoms with Crippen LogP contribution in [0.3, 0.4) is 0 Å². The van der Waals surface area contributed by atoms with Crippen LogP contribution in [-0.2, 0) is 35.5 Å². The first kappa shape index (κ1) is 38.5. The molecule has 4 rings (SSSR count). The molecule has 0 aliphatic rings. The summed E-state index contributed by atoms with van der Waals surface area (Å²) in [5.41, 5.74) is 4.35. The molecule has 1 unspecified atom stereocenters. The molecule has 0 fully saturated rings. The maximum absolute atomic E-state index is 13.9. The van der Waals surface area contributed by atoms with Crippen molar-refractivity contribution in [1.82, 2.24) is 30.8 Å². The van der Waals surface area contributed by atoms with Crippen LogP contribution in [0.5, 0.6) is 0 Å². The lowest BCUT2D eigenvalue weighted by Crippen LogP contribution is -2.57. The average Bonchev–Trinajstić information content (AvgIpc) is 3.79. The minimum atomic E-state index is -1.05. The van der Waals surface area contributed by atoms with E-state index in [4.69, 9.17) is 4.74 Å². The zero-order valence-electron chi connectivity index (χ0n) is 29.2. The third kappa shape index (κ3) is 12.2. The maximum Gasteiger partial charge on any atom is 0.407 e. The molecule has 0 saturated carbocycles. The second-order valence-corrected chi connectivity index (χ2v) is 14.9. The highest BCUT2D eigenvalue weighted by Crippen LogP contribution is 2.20. The number of aliphatic hydroxyl groups excluding tert-OH is 1. The van der Waals surface area contributed by atoms with Gasteiger partial charge in [0.15, 0.2) is 0 Å². The molecule has 0 spiro atoms. The Bertz CT molecular complexity index is 1620. The summed E-state index contributed by atoms with van der Waals surface area (Å²) in [5, 5.41) is 23.5. The molecular formula is C37H48N6O5S2. The Morgan fingerprint density at radius 3 is 2.14 bits per heavy atom. The highest BCUT2D eigenvalue weighted by atomic mass is 32.1. The third-order valence-electron chi connectivity index (χ3n) is 8.13. The molecule has 0 aliphatic carbocycles. The van der Waals surface area contributed by atoms with Gasteiger partial charge in [-0.3, -0.25) is 9.78 Å². The molecule has 0 bridgehead atoms. The molecule has 4 N–H and O–H groups in total. The fourth-order valence-corrected chi connectivity index (χ4v) is 6.72. The topological polar surface area (TPSA) is 146 Å². The first-order valence-electron chi connectivity index (χ1n) is 16.8. The quantitative estimate of drug-likeness (QED) is 0.106. The molecule has 2 heterocycles. The zero-order chi connectivity index (χ0) is 36.0. The molecule has 4 amide bonds. The number of rotatable bonds is 17. The van der Waals surface area contributed by atoms with E-state index in [1.807, 2.05) is 79.9 Å². The van der Waals surface area contributed by atoms with Gasteiger partial charge < -0.3 is 30.7 Å². The van der Waals surface area contributed by atoms with E-state index < -0.39 is 42.3 Å². The molecule has 50 heavy (non-hydrogen) atoms. The Morgan fingerprint density at radius 1 is 0.900 bits per heavy atom. The van der Waals surface area contributed by atoms with Crippen LogP contribution in [0.1, 0.15) is 66.7 Å². The third-order valence-corrected chi connectivity index (χ3v) is 10.1. The highest BCUT2D eigenvalue weighted by Gasteiger charge is 2.31. The van der Waals surface area contributed by atoms with Crippen molar-refractivity contribution in [2.24, 2.45) is 5.92 Å². The number of thiazole rings is 2. The van der Waals surface area contributed by atoms with E-state index in [2.05, 4.69) is 39.8 Å². The van der Waals surface area contributed by atoms with Gasteiger partial charge in [0.25, 0.3) is 0 Å². The van der Waals surface area contributed by atoms with Crippen LogP contribution in [0.25, 0.3) is 0 Å². The van der Waals surface area contributed by atoms with Gasteiger partial charge in [-0.25, -0.2) is 14.6 Å². The molecule has 0 aliphatic heterocycles. The number of carbonyl (C=O) groups excluding carboxylic acids is 3. The Labute approximate surface area is 302 Å². The number of hydrogen-bond donors (Lipinski definition) is 4. The normalized spacial score (nSPS) is 13.7. The summed E-state index contributed by atoms with van der Waals surface area (Å²) in [4.78, 5) is 51.0. The van der Waals surface area contributed by atoms with Crippen molar-refractivity contribution in [2.75, 3.05) is 7.05 Å². The SMILES string of the molecule is CC(C)c1nc(CN(C)C(=O)NC(C(=O)N[C@@H](Cc2ccccc2)[C@@H](O)C[C@H](Cc2ccccc2)NC(=O)OCc2cncs2)C(C)C)cs1. The Balaban J connectivity index is 1.47. The highest BCUT2D eigenvalue weighted by molar-refractivity contribution is 7.09. The fourth-order valence-electron chi connectivity index (χ4n) is 5.38. The second kappa shape index (κ2) is 19.2. The van der Waals surface area contributed by atoms with Gasteiger partial charge in [0.2, 0.25) is 5.91 Å². The number of alkyl carbamates (subject to hydrolysis) is 1. The molecule has 268 valence electrons. The summed E-state index contributed by atoms with van der Waals surface area (Å²) in [6, 6.07) is 16.7. The first-order chi connectivity index (χ1) is 24.0. The smallest absolute Gasteiger partial charge is 0.407 e. The van der Waals surface area contributed by atoms with Crippen LogP contribution in [-0.4, -0.2) is 69.3 Å². The molecule has 0 radical (unpaired) electrons. The van der Waals surface area contributed by atoms with Crippen molar-refractivity contribution in [3.05, 3.63) is 104 Å². The largest absolute Gasteiger partial charge is 0.444 e. The van der Waals surface area contributed by atoms with Gasteiger partial charge in [-0.05, 0) is 36.3 Å². The van der Waals surface area contributed by atoms with E-state index >= 15 is 0 Å². The lowest BCUT2D eigenvalue weighted by Gasteiger charge is -2.31. The minimum absolute atomic E-state index is 0.0874. The zero-order valence-corrected chi connectivity index (χ0v) is 30.9. The van der Waals surface area contributed by atoms with Crippen LogP contribution >= 0.6 is 22.7 Å². The van der Waals surface area contributed by atoms with Crippen molar-refractivity contribution < 1.29 is 24.2 Å². The summed E-state index contributed by atoms with van der Waals surface area (Å²) in [5.74, 6) is -0.350. The Hall–Kier alpha value is -4.33. The van der Waals surface area contributed by atoms with Crippen molar-refractivity contribution in [3.8, 4) is 0 Å². The van der Waals surface area contributed by atoms with Gasteiger partial charge in [0, 0.05) is 30.6 Å². The molecule has 4 aromatic rings. The number of hydrogen-bond acceptors (Lipinski definition) is 9. The standard InChI is InChI=1S/C37H48N6O5S2/c1-24(2)33(42-36(46)43(5)20-29-22-49-35(39-29)25(3)4)34(45)41-31(17-27-14-10-7-11-15-27)32(44)18-28(16-26-12-8-6-9-13-26)40-37(47)48-21-30-19-38-23-50-30/h6-15,19,22-25,28,31-33,44H,16-18,20-21H2,1-5H3,(H,40,47)(H,41,45)(H,42,46)/t28-,31-,32-,33?/m0/s1. The van der Waals surface area contributed by atoms with Crippen LogP contribution in [0.2, 0.25) is 0 Å². The monoisotopic (exact) mass is 720 g/mol. The van der Waals surface area contributed by atoms with Gasteiger partial charge in [-0.1, -0.05) is 88.4 Å². The second-order valence-electron chi connectivity index (χ2n) is 13.0. The minimum Gasteiger partial charge on any atom is -0.444 e. The lowest BCUT2D eigenvalue weighted by atomic mass is 9.93. The summed E-state index contributed by atoms with van der Waals surface area (Å²) in [7, 11) is 1.67. The van der Waals surface area contributed by atoms with Crippen molar-refractivity contribution in [3.63, 3.8) is 0 Å². The summed E-state index contributed by atoms with van der Waals surface area (Å²) in [6.07, 6.45) is 0.890. The molecular weight excluding hydrogens is 673 g/mol. The van der Waals surface area contributed by atoms with E-state index in [1.54, 1.807) is 30.1 Å². The number of amides is 4. The van der Waals surface area contributed by atoms with Crippen molar-refractivity contribution in [2.45, 2.75) is 90.3 Å². The molecule has 11 nitrogen and oxygen atoms in total. The number of aliphatic hydroxyl groups is 1. The number of carbonyl (C=O) groups is 3. The van der Waals surface area contributed by atoms with Crippen LogP contribution < -0.4 is 16.0 Å². The van der Waals surface area contributed by atoms with E-state index in [0.717, 1.165) is 26.7 Å². The molecule has 13 heteroatoms. The van der Waals surface area contributed by atoms with Crippen molar-refractivity contribution in [1.29, 1.82) is 0 Å². The van der Waals surface area contributed by atoms with Gasteiger partial charge in [0.1, 0.15) is 12.6 Å². The summed E-state index contributed by atoms with van der Waals surface area (Å²) in [6.45, 7) is 8.27. The summed E-state index contributed by atoms with van der Waals surface area (Å²) < 4.78 is 5.44. The molecule has 2 aromatic heterocycles. The summed E-state index contributed by atoms with van der Waals surface area (Å²) >= 11 is 2.96. The molecule has 2 aromatic carbocycles. The van der Waals surface area contributed by atoms with Crippen LogP contribution in [0.4, 0.5) is 9.59 Å². The number of urea groups is 1. The predicted octanol–water partition coefficient (Wildman–Crippen LogP) is 5.91. The van der Waals surface area contributed by atoms with E-state index in [1.165, 1.54) is 16.2 Å². The average molecular weight is 721 g/mol. The maximum atomic E-state index is 13.9. The molecule has 4 atom stereocenters. The number of nitrogens with zero attached hydrogens (tertiary/aromatic N) is 3. The Kier molecular flexibility index (Phi) is 14.7. The number of aromatic nitrogens is 2. The Morgan fingerprint density at radius 2 is 1.56 bits per heavy atom.